The van der Waals surface area contributed by atoms with Gasteiger partial charge in [-0.1, -0.05) is 19.3 Å². The molecule has 2 rings (SSSR count). The fraction of sp³-hybridized carbons (Fsp3) is 0.538. The first-order chi connectivity index (χ1) is 8.50. The Hall–Kier alpha value is -1.23. The Kier molecular flexibility index (Phi) is 3.80. The molecule has 0 aliphatic heterocycles. The van der Waals surface area contributed by atoms with Crippen molar-refractivity contribution in [2.24, 2.45) is 0 Å². The van der Waals surface area contributed by atoms with Gasteiger partial charge in [0.25, 0.3) is 0 Å². The second kappa shape index (κ2) is 5.18. The number of benzene rings is 1. The highest BCUT2D eigenvalue weighted by molar-refractivity contribution is 5.44. The standard InChI is InChI=1S/C13H16F3NO/c14-10-6-9(7-11(15)12(10)16)17-8-13(18)4-2-1-3-5-13/h6-7,17-18H,1-5,8H2. The molecule has 0 atom stereocenters. The predicted octanol–water partition coefficient (Wildman–Crippen LogP) is 3.21. The van der Waals surface area contributed by atoms with E-state index < -0.39 is 23.1 Å². The molecule has 1 fully saturated rings. The largest absolute Gasteiger partial charge is 0.388 e. The maximum atomic E-state index is 13.0. The first-order valence-corrected chi connectivity index (χ1v) is 6.11. The quantitative estimate of drug-likeness (QED) is 0.817. The van der Waals surface area contributed by atoms with Gasteiger partial charge < -0.3 is 10.4 Å². The van der Waals surface area contributed by atoms with Gasteiger partial charge in [-0.15, -0.1) is 0 Å². The van der Waals surface area contributed by atoms with Gasteiger partial charge in [0.2, 0.25) is 0 Å². The molecule has 0 saturated heterocycles. The zero-order chi connectivity index (χ0) is 13.2. The highest BCUT2D eigenvalue weighted by Crippen LogP contribution is 2.28. The number of halogens is 3. The van der Waals surface area contributed by atoms with Crippen LogP contribution in [-0.2, 0) is 0 Å². The fourth-order valence-corrected chi connectivity index (χ4v) is 2.31. The van der Waals surface area contributed by atoms with Crippen molar-refractivity contribution in [1.29, 1.82) is 0 Å². The molecule has 0 spiro atoms. The first-order valence-electron chi connectivity index (χ1n) is 6.11. The van der Waals surface area contributed by atoms with E-state index in [-0.39, 0.29) is 12.2 Å². The highest BCUT2D eigenvalue weighted by atomic mass is 19.2. The number of hydrogen-bond acceptors (Lipinski definition) is 2. The van der Waals surface area contributed by atoms with E-state index >= 15 is 0 Å². The van der Waals surface area contributed by atoms with Crippen molar-refractivity contribution < 1.29 is 18.3 Å². The Morgan fingerprint density at radius 2 is 1.61 bits per heavy atom. The van der Waals surface area contributed by atoms with Gasteiger partial charge in [0.15, 0.2) is 17.5 Å². The number of aliphatic hydroxyl groups is 1. The van der Waals surface area contributed by atoms with E-state index in [4.69, 9.17) is 0 Å². The predicted molar refractivity (Wildman–Crippen MR) is 62.8 cm³/mol. The van der Waals surface area contributed by atoms with Crippen LogP contribution in [0.3, 0.4) is 0 Å². The second-order valence-electron chi connectivity index (χ2n) is 4.89. The zero-order valence-corrected chi connectivity index (χ0v) is 9.98. The monoisotopic (exact) mass is 259 g/mol. The average Bonchev–Trinajstić information content (AvgIpc) is 2.34. The summed E-state index contributed by atoms with van der Waals surface area (Å²) < 4.78 is 38.7. The summed E-state index contributed by atoms with van der Waals surface area (Å²) in [5.74, 6) is -3.93. The van der Waals surface area contributed by atoms with Gasteiger partial charge in [0.1, 0.15) is 0 Å². The van der Waals surface area contributed by atoms with Gasteiger partial charge in [-0.05, 0) is 12.8 Å². The maximum Gasteiger partial charge on any atom is 0.194 e. The van der Waals surface area contributed by atoms with Gasteiger partial charge in [-0.2, -0.15) is 0 Å². The average molecular weight is 259 g/mol. The molecular formula is C13H16F3NO. The van der Waals surface area contributed by atoms with Crippen molar-refractivity contribution in [3.8, 4) is 0 Å². The molecule has 1 aliphatic carbocycles. The van der Waals surface area contributed by atoms with Crippen LogP contribution in [0.1, 0.15) is 32.1 Å². The lowest BCUT2D eigenvalue weighted by Crippen LogP contribution is -2.38. The molecule has 100 valence electrons. The van der Waals surface area contributed by atoms with Crippen LogP contribution in [0.15, 0.2) is 12.1 Å². The third-order valence-corrected chi connectivity index (χ3v) is 3.39. The van der Waals surface area contributed by atoms with Crippen LogP contribution in [0.2, 0.25) is 0 Å². The van der Waals surface area contributed by atoms with E-state index in [2.05, 4.69) is 5.32 Å². The normalized spacial score (nSPS) is 18.7. The summed E-state index contributed by atoms with van der Waals surface area (Å²) in [6.07, 6.45) is 4.34. The van der Waals surface area contributed by atoms with Gasteiger partial charge in [-0.3, -0.25) is 0 Å². The highest BCUT2D eigenvalue weighted by Gasteiger charge is 2.28. The molecule has 1 aromatic carbocycles. The Labute approximate surface area is 104 Å². The summed E-state index contributed by atoms with van der Waals surface area (Å²) in [6.45, 7) is 0.220. The van der Waals surface area contributed by atoms with Gasteiger partial charge in [-0.25, -0.2) is 13.2 Å². The molecule has 1 aromatic rings. The van der Waals surface area contributed by atoms with Crippen molar-refractivity contribution in [2.45, 2.75) is 37.7 Å². The van der Waals surface area contributed by atoms with Crippen LogP contribution in [0.25, 0.3) is 0 Å². The molecule has 2 nitrogen and oxygen atoms in total. The number of nitrogens with one attached hydrogen (secondary N) is 1. The molecule has 1 aliphatic rings. The lowest BCUT2D eigenvalue weighted by molar-refractivity contribution is 0.0167. The van der Waals surface area contributed by atoms with Crippen molar-refractivity contribution in [1.82, 2.24) is 0 Å². The van der Waals surface area contributed by atoms with Crippen molar-refractivity contribution in [3.63, 3.8) is 0 Å². The molecule has 1 saturated carbocycles. The molecule has 5 heteroatoms. The molecule has 0 radical (unpaired) electrons. The van der Waals surface area contributed by atoms with Crippen LogP contribution in [0.4, 0.5) is 18.9 Å². The second-order valence-corrected chi connectivity index (χ2v) is 4.89. The molecule has 0 amide bonds. The van der Waals surface area contributed by atoms with E-state index in [1.165, 1.54) is 0 Å². The molecule has 0 unspecified atom stereocenters. The minimum absolute atomic E-state index is 0.144. The summed E-state index contributed by atoms with van der Waals surface area (Å²) >= 11 is 0. The number of anilines is 1. The fourth-order valence-electron chi connectivity index (χ4n) is 2.31. The van der Waals surface area contributed by atoms with E-state index in [9.17, 15) is 18.3 Å². The van der Waals surface area contributed by atoms with E-state index in [0.717, 1.165) is 31.4 Å². The molecule has 2 N–H and O–H groups in total. The topological polar surface area (TPSA) is 32.3 Å². The van der Waals surface area contributed by atoms with E-state index in [1.54, 1.807) is 0 Å². The zero-order valence-electron chi connectivity index (χ0n) is 9.98. The van der Waals surface area contributed by atoms with Crippen LogP contribution < -0.4 is 5.32 Å². The molecule has 0 aromatic heterocycles. The van der Waals surface area contributed by atoms with Gasteiger partial charge in [0.05, 0.1) is 5.60 Å². The van der Waals surface area contributed by atoms with Crippen LogP contribution in [0, 0.1) is 17.5 Å². The van der Waals surface area contributed by atoms with Crippen LogP contribution >= 0.6 is 0 Å². The van der Waals surface area contributed by atoms with Crippen LogP contribution in [-0.4, -0.2) is 17.3 Å². The summed E-state index contributed by atoms with van der Waals surface area (Å²) in [6, 6.07) is 1.79. The van der Waals surface area contributed by atoms with Gasteiger partial charge >= 0.3 is 0 Å². The number of rotatable bonds is 3. The minimum Gasteiger partial charge on any atom is -0.388 e. The third kappa shape index (κ3) is 2.96. The summed E-state index contributed by atoms with van der Waals surface area (Å²) in [4.78, 5) is 0. The Morgan fingerprint density at radius 3 is 2.17 bits per heavy atom. The summed E-state index contributed by atoms with van der Waals surface area (Å²) in [5, 5.41) is 13.0. The first kappa shape index (κ1) is 13.2. The molecular weight excluding hydrogens is 243 g/mol. The molecule has 0 bridgehead atoms. The van der Waals surface area contributed by atoms with Crippen LogP contribution in [0.5, 0.6) is 0 Å². The summed E-state index contributed by atoms with van der Waals surface area (Å²) in [5.41, 5.74) is -0.690. The maximum absolute atomic E-state index is 13.0. The van der Waals surface area contributed by atoms with Crippen molar-refractivity contribution in [2.75, 3.05) is 11.9 Å². The smallest absolute Gasteiger partial charge is 0.194 e. The van der Waals surface area contributed by atoms with Crippen molar-refractivity contribution >= 4 is 5.69 Å². The number of hydrogen-bond donors (Lipinski definition) is 2. The minimum atomic E-state index is -1.48. The van der Waals surface area contributed by atoms with Crippen molar-refractivity contribution in [3.05, 3.63) is 29.6 Å². The van der Waals surface area contributed by atoms with E-state index in [0.29, 0.717) is 12.8 Å². The van der Waals surface area contributed by atoms with Gasteiger partial charge in [0, 0.05) is 24.4 Å². The summed E-state index contributed by atoms with van der Waals surface area (Å²) in [7, 11) is 0. The third-order valence-electron chi connectivity index (χ3n) is 3.39. The molecule has 0 heterocycles. The molecule has 18 heavy (non-hydrogen) atoms. The lowest BCUT2D eigenvalue weighted by Gasteiger charge is -2.32. The van der Waals surface area contributed by atoms with E-state index in [1.807, 2.05) is 0 Å². The Balaban J connectivity index is 2.01. The lowest BCUT2D eigenvalue weighted by atomic mass is 9.85. The SMILES string of the molecule is OC1(CNc2cc(F)c(F)c(F)c2)CCCCC1. The Bertz CT molecular complexity index is 407. The Morgan fingerprint density at radius 1 is 1.06 bits per heavy atom.